The van der Waals surface area contributed by atoms with Gasteiger partial charge in [-0.2, -0.15) is 0 Å². The van der Waals surface area contributed by atoms with Gasteiger partial charge in [-0.15, -0.1) is 0 Å². The van der Waals surface area contributed by atoms with E-state index >= 15 is 0 Å². The maximum atomic E-state index is 11.8. The molecule has 7 heteroatoms. The molecule has 1 atom stereocenters. The van der Waals surface area contributed by atoms with Crippen LogP contribution in [0.15, 0.2) is 18.5 Å². The molecular weight excluding hydrogens is 248 g/mol. The summed E-state index contributed by atoms with van der Waals surface area (Å²) in [6, 6.07) is 1.95. The lowest BCUT2D eigenvalue weighted by Crippen LogP contribution is -2.57. The van der Waals surface area contributed by atoms with Crippen LogP contribution in [0.5, 0.6) is 0 Å². The van der Waals surface area contributed by atoms with Crippen molar-refractivity contribution < 1.29 is 14.3 Å². The van der Waals surface area contributed by atoms with Gasteiger partial charge in [0.1, 0.15) is 6.10 Å². The van der Waals surface area contributed by atoms with Crippen LogP contribution in [0.2, 0.25) is 0 Å². The van der Waals surface area contributed by atoms with E-state index in [1.165, 1.54) is 0 Å². The maximum absolute atomic E-state index is 11.8. The van der Waals surface area contributed by atoms with E-state index < -0.39 is 0 Å². The van der Waals surface area contributed by atoms with Crippen LogP contribution in [0, 0.1) is 0 Å². The number of ether oxygens (including phenoxy) is 2. The number of likely N-dealkylation sites (tertiary alicyclic amines) is 1. The number of nitrogens with one attached hydrogen (secondary N) is 1. The molecule has 0 aromatic carbocycles. The fourth-order valence-electron chi connectivity index (χ4n) is 2.10. The number of hydrogen-bond acceptors (Lipinski definition) is 6. The van der Waals surface area contributed by atoms with Gasteiger partial charge in [-0.05, 0) is 6.07 Å². The highest BCUT2D eigenvalue weighted by Crippen LogP contribution is 2.16. The Balaban J connectivity index is 1.41. The Kier molecular flexibility index (Phi) is 3.45. The molecule has 1 aromatic heterocycles. The van der Waals surface area contributed by atoms with Crippen molar-refractivity contribution >= 4 is 12.0 Å². The lowest BCUT2D eigenvalue weighted by atomic mass is 10.1. The Hall–Kier alpha value is -1.89. The van der Waals surface area contributed by atoms with E-state index in [-0.39, 0.29) is 18.2 Å². The van der Waals surface area contributed by atoms with Crippen molar-refractivity contribution in [3.8, 4) is 0 Å². The van der Waals surface area contributed by atoms with Crippen LogP contribution in [-0.2, 0) is 9.47 Å². The number of carbonyl (C=O) groups excluding carboxylic acids is 1. The molecular formula is C12H16N4O3. The summed E-state index contributed by atoms with van der Waals surface area (Å²) in [5.41, 5.74) is 0. The van der Waals surface area contributed by atoms with E-state index in [2.05, 4.69) is 15.3 Å². The second-order valence-electron chi connectivity index (χ2n) is 4.69. The minimum atomic E-state index is -0.262. The SMILES string of the molecule is O=C(OC1CCOC1)N1CC(Nc2ncccn2)C1. The second kappa shape index (κ2) is 5.40. The van der Waals surface area contributed by atoms with Gasteiger partial charge in [0.05, 0.1) is 19.3 Å². The minimum Gasteiger partial charge on any atom is -0.444 e. The van der Waals surface area contributed by atoms with Gasteiger partial charge in [0.15, 0.2) is 0 Å². The molecule has 0 radical (unpaired) electrons. The van der Waals surface area contributed by atoms with Gasteiger partial charge in [0, 0.05) is 31.9 Å². The first kappa shape index (κ1) is 12.2. The Labute approximate surface area is 110 Å². The Morgan fingerprint density at radius 1 is 1.42 bits per heavy atom. The highest BCUT2D eigenvalue weighted by Gasteiger charge is 2.33. The van der Waals surface area contributed by atoms with Crippen molar-refractivity contribution in [1.29, 1.82) is 0 Å². The number of nitrogens with zero attached hydrogens (tertiary/aromatic N) is 3. The Bertz CT molecular complexity index is 430. The zero-order valence-electron chi connectivity index (χ0n) is 10.5. The smallest absolute Gasteiger partial charge is 0.410 e. The summed E-state index contributed by atoms with van der Waals surface area (Å²) in [5.74, 6) is 0.588. The van der Waals surface area contributed by atoms with Crippen LogP contribution in [0.4, 0.5) is 10.7 Å². The third-order valence-electron chi connectivity index (χ3n) is 3.19. The molecule has 19 heavy (non-hydrogen) atoms. The van der Waals surface area contributed by atoms with Crippen LogP contribution in [0.3, 0.4) is 0 Å². The molecule has 0 bridgehead atoms. The largest absolute Gasteiger partial charge is 0.444 e. The first-order valence-electron chi connectivity index (χ1n) is 6.38. The molecule has 2 saturated heterocycles. The highest BCUT2D eigenvalue weighted by atomic mass is 16.6. The van der Waals surface area contributed by atoms with E-state index in [4.69, 9.17) is 9.47 Å². The van der Waals surface area contributed by atoms with Crippen molar-refractivity contribution in [2.45, 2.75) is 18.6 Å². The van der Waals surface area contributed by atoms with E-state index in [0.29, 0.717) is 32.3 Å². The molecule has 2 aliphatic heterocycles. The molecule has 0 spiro atoms. The van der Waals surface area contributed by atoms with Gasteiger partial charge in [0.2, 0.25) is 5.95 Å². The molecule has 3 heterocycles. The van der Waals surface area contributed by atoms with Crippen molar-refractivity contribution in [1.82, 2.24) is 14.9 Å². The Morgan fingerprint density at radius 2 is 2.21 bits per heavy atom. The molecule has 1 aromatic rings. The van der Waals surface area contributed by atoms with Gasteiger partial charge in [-0.25, -0.2) is 14.8 Å². The molecule has 102 valence electrons. The van der Waals surface area contributed by atoms with Gasteiger partial charge < -0.3 is 19.7 Å². The number of hydrogen-bond donors (Lipinski definition) is 1. The molecule has 0 aliphatic carbocycles. The van der Waals surface area contributed by atoms with Crippen LogP contribution in [0.1, 0.15) is 6.42 Å². The van der Waals surface area contributed by atoms with E-state index in [9.17, 15) is 4.79 Å². The number of anilines is 1. The molecule has 1 amide bonds. The minimum absolute atomic E-state index is 0.0861. The third-order valence-corrected chi connectivity index (χ3v) is 3.19. The predicted molar refractivity (Wildman–Crippen MR) is 66.7 cm³/mol. The summed E-state index contributed by atoms with van der Waals surface area (Å²) in [4.78, 5) is 21.6. The monoisotopic (exact) mass is 264 g/mol. The normalized spacial score (nSPS) is 22.9. The zero-order valence-corrected chi connectivity index (χ0v) is 10.5. The molecule has 2 fully saturated rings. The number of rotatable bonds is 3. The second-order valence-corrected chi connectivity index (χ2v) is 4.69. The van der Waals surface area contributed by atoms with Crippen molar-refractivity contribution in [3.05, 3.63) is 18.5 Å². The molecule has 7 nitrogen and oxygen atoms in total. The number of aromatic nitrogens is 2. The van der Waals surface area contributed by atoms with Gasteiger partial charge in [-0.3, -0.25) is 0 Å². The highest BCUT2D eigenvalue weighted by molar-refractivity contribution is 5.69. The molecule has 0 saturated carbocycles. The summed E-state index contributed by atoms with van der Waals surface area (Å²) in [7, 11) is 0. The average Bonchev–Trinajstić information content (AvgIpc) is 2.87. The fourth-order valence-corrected chi connectivity index (χ4v) is 2.10. The van der Waals surface area contributed by atoms with Gasteiger partial charge in [-0.1, -0.05) is 0 Å². The molecule has 3 rings (SSSR count). The fraction of sp³-hybridized carbons (Fsp3) is 0.583. The molecule has 1 N–H and O–H groups in total. The standard InChI is InChI=1S/C12H16N4O3/c17-12(19-10-2-5-18-8-10)16-6-9(7-16)15-11-13-3-1-4-14-11/h1,3-4,9-10H,2,5-8H2,(H,13,14,15). The van der Waals surface area contributed by atoms with E-state index in [1.54, 1.807) is 23.4 Å². The summed E-state index contributed by atoms with van der Waals surface area (Å²) in [6.45, 7) is 2.42. The van der Waals surface area contributed by atoms with Crippen LogP contribution >= 0.6 is 0 Å². The van der Waals surface area contributed by atoms with E-state index in [0.717, 1.165) is 6.42 Å². The zero-order chi connectivity index (χ0) is 13.1. The van der Waals surface area contributed by atoms with Crippen molar-refractivity contribution in [2.24, 2.45) is 0 Å². The first-order valence-corrected chi connectivity index (χ1v) is 6.38. The summed E-state index contributed by atoms with van der Waals surface area (Å²) < 4.78 is 10.5. The lowest BCUT2D eigenvalue weighted by Gasteiger charge is -2.38. The Morgan fingerprint density at radius 3 is 2.89 bits per heavy atom. The van der Waals surface area contributed by atoms with Gasteiger partial charge in [0.25, 0.3) is 0 Å². The molecule has 1 unspecified atom stereocenters. The quantitative estimate of drug-likeness (QED) is 0.856. The van der Waals surface area contributed by atoms with Gasteiger partial charge >= 0.3 is 6.09 Å². The number of carbonyl (C=O) groups is 1. The molecule has 2 aliphatic rings. The van der Waals surface area contributed by atoms with Crippen LogP contribution in [0.25, 0.3) is 0 Å². The number of amides is 1. The summed E-state index contributed by atoms with van der Waals surface area (Å²) >= 11 is 0. The average molecular weight is 264 g/mol. The maximum Gasteiger partial charge on any atom is 0.410 e. The first-order chi connectivity index (χ1) is 9.31. The van der Waals surface area contributed by atoms with Crippen LogP contribution < -0.4 is 5.32 Å². The summed E-state index contributed by atoms with van der Waals surface area (Å²) in [5, 5.41) is 3.16. The summed E-state index contributed by atoms with van der Waals surface area (Å²) in [6.07, 6.45) is 3.80. The lowest BCUT2D eigenvalue weighted by molar-refractivity contribution is 0.0375. The van der Waals surface area contributed by atoms with E-state index in [1.807, 2.05) is 0 Å². The third kappa shape index (κ3) is 2.93. The van der Waals surface area contributed by atoms with Crippen molar-refractivity contribution in [3.63, 3.8) is 0 Å². The van der Waals surface area contributed by atoms with Crippen molar-refractivity contribution in [2.75, 3.05) is 31.6 Å². The van der Waals surface area contributed by atoms with Crippen LogP contribution in [-0.4, -0.2) is 59.4 Å². The predicted octanol–water partition coefficient (Wildman–Crippen LogP) is 0.498. The topological polar surface area (TPSA) is 76.6 Å².